The number of ether oxygens (including phenoxy) is 1. The highest BCUT2D eigenvalue weighted by atomic mass is 16.5. The minimum Gasteiger partial charge on any atom is -0.375 e. The fourth-order valence-corrected chi connectivity index (χ4v) is 2.72. The molecule has 1 saturated heterocycles. The summed E-state index contributed by atoms with van der Waals surface area (Å²) in [7, 11) is 0. The zero-order valence-electron chi connectivity index (χ0n) is 10.8. The highest BCUT2D eigenvalue weighted by Gasteiger charge is 2.43. The number of benzene rings is 1. The predicted octanol–water partition coefficient (Wildman–Crippen LogP) is 1.91. The summed E-state index contributed by atoms with van der Waals surface area (Å²) in [6, 6.07) is 9.69. The van der Waals surface area contributed by atoms with Gasteiger partial charge in [0.05, 0.1) is 12.2 Å². The quantitative estimate of drug-likeness (QED) is 0.858. The van der Waals surface area contributed by atoms with E-state index in [1.54, 1.807) is 0 Å². The minimum atomic E-state index is -0.710. The zero-order chi connectivity index (χ0) is 13.2. The number of nitrogens with two attached hydrogens (primary N) is 1. The summed E-state index contributed by atoms with van der Waals surface area (Å²) in [6.07, 6.45) is 1.25. The van der Waals surface area contributed by atoms with Crippen molar-refractivity contribution in [1.82, 2.24) is 0 Å². The number of carbonyl (C=O) groups excluding carboxylic acids is 1. The Labute approximate surface area is 108 Å². The first kappa shape index (κ1) is 12.9. The van der Waals surface area contributed by atoms with Crippen molar-refractivity contribution in [2.24, 2.45) is 5.73 Å². The van der Waals surface area contributed by atoms with E-state index < -0.39 is 5.54 Å². The normalized spacial score (nSPS) is 31.9. The van der Waals surface area contributed by atoms with Crippen LogP contribution < -0.4 is 11.1 Å². The molecule has 2 atom stereocenters. The number of nitrogens with one attached hydrogen (secondary N) is 1. The number of carbonyl (C=O) groups is 1. The monoisotopic (exact) mass is 248 g/mol. The molecule has 4 heteroatoms. The van der Waals surface area contributed by atoms with Crippen molar-refractivity contribution in [1.29, 1.82) is 0 Å². The Bertz CT molecular complexity index is 409. The maximum absolute atomic E-state index is 11.9. The smallest absolute Gasteiger partial charge is 0.243 e. The third-order valence-corrected chi connectivity index (χ3v) is 3.37. The number of amides is 1. The summed E-state index contributed by atoms with van der Waals surface area (Å²) in [5, 5.41) is 3.30. The second kappa shape index (κ2) is 4.98. The first-order valence-corrected chi connectivity index (χ1v) is 6.30. The molecular weight excluding hydrogens is 228 g/mol. The van der Waals surface area contributed by atoms with Crippen LogP contribution in [0.25, 0.3) is 0 Å². The molecule has 1 aromatic rings. The van der Waals surface area contributed by atoms with E-state index in [4.69, 9.17) is 10.5 Å². The summed E-state index contributed by atoms with van der Waals surface area (Å²) in [5.41, 5.74) is 5.82. The van der Waals surface area contributed by atoms with Crippen LogP contribution in [-0.4, -0.2) is 23.7 Å². The van der Waals surface area contributed by atoms with Crippen molar-refractivity contribution >= 4 is 11.6 Å². The van der Waals surface area contributed by atoms with Gasteiger partial charge in [0.15, 0.2) is 0 Å². The van der Waals surface area contributed by atoms with Gasteiger partial charge in [-0.05, 0) is 26.0 Å². The van der Waals surface area contributed by atoms with Gasteiger partial charge in [-0.2, -0.15) is 0 Å². The molecule has 1 amide bonds. The van der Waals surface area contributed by atoms with Crippen LogP contribution >= 0.6 is 0 Å². The fourth-order valence-electron chi connectivity index (χ4n) is 2.72. The molecule has 1 heterocycles. The maximum atomic E-state index is 11.9. The van der Waals surface area contributed by atoms with Crippen molar-refractivity contribution < 1.29 is 9.53 Å². The standard InChI is InChI=1S/C14H20N2O2/c1-10-8-14(13(15)17,9-11(2)18-10)16-12-6-4-3-5-7-12/h3-7,10-11,16H,8-9H2,1-2H3,(H2,15,17). The lowest BCUT2D eigenvalue weighted by atomic mass is 9.83. The lowest BCUT2D eigenvalue weighted by Gasteiger charge is -2.41. The molecule has 0 aromatic heterocycles. The van der Waals surface area contributed by atoms with E-state index in [1.165, 1.54) is 0 Å². The summed E-state index contributed by atoms with van der Waals surface area (Å²) in [5.74, 6) is -0.312. The van der Waals surface area contributed by atoms with E-state index >= 15 is 0 Å². The third kappa shape index (κ3) is 2.64. The van der Waals surface area contributed by atoms with E-state index in [0.717, 1.165) is 5.69 Å². The molecule has 3 N–H and O–H groups in total. The van der Waals surface area contributed by atoms with Crippen LogP contribution in [0.2, 0.25) is 0 Å². The molecule has 1 aromatic carbocycles. The van der Waals surface area contributed by atoms with Crippen LogP contribution in [-0.2, 0) is 9.53 Å². The number of hydrogen-bond donors (Lipinski definition) is 2. The van der Waals surface area contributed by atoms with Crippen LogP contribution in [0.3, 0.4) is 0 Å². The first-order valence-electron chi connectivity index (χ1n) is 6.30. The Hall–Kier alpha value is -1.55. The lowest BCUT2D eigenvalue weighted by Crippen LogP contribution is -2.57. The van der Waals surface area contributed by atoms with Gasteiger partial charge in [0, 0.05) is 18.5 Å². The molecule has 0 aliphatic carbocycles. The topological polar surface area (TPSA) is 64.3 Å². The highest BCUT2D eigenvalue weighted by Crippen LogP contribution is 2.32. The second-order valence-corrected chi connectivity index (χ2v) is 5.10. The van der Waals surface area contributed by atoms with Gasteiger partial charge in [-0.15, -0.1) is 0 Å². The number of anilines is 1. The molecule has 1 aliphatic heterocycles. The number of primary amides is 1. The summed E-state index contributed by atoms with van der Waals surface area (Å²) in [6.45, 7) is 3.94. The average molecular weight is 248 g/mol. The Balaban J connectivity index is 2.24. The average Bonchev–Trinajstić information content (AvgIpc) is 2.28. The van der Waals surface area contributed by atoms with Crippen LogP contribution in [0.4, 0.5) is 5.69 Å². The van der Waals surface area contributed by atoms with Gasteiger partial charge in [-0.3, -0.25) is 4.79 Å². The number of para-hydroxylation sites is 1. The van der Waals surface area contributed by atoms with E-state index in [1.807, 2.05) is 44.2 Å². The van der Waals surface area contributed by atoms with Crippen molar-refractivity contribution in [3.8, 4) is 0 Å². The molecule has 18 heavy (non-hydrogen) atoms. The van der Waals surface area contributed by atoms with Crippen LogP contribution in [0, 0.1) is 0 Å². The molecule has 2 unspecified atom stereocenters. The van der Waals surface area contributed by atoms with Gasteiger partial charge in [-0.25, -0.2) is 0 Å². The van der Waals surface area contributed by atoms with Gasteiger partial charge in [0.1, 0.15) is 5.54 Å². The SMILES string of the molecule is CC1CC(Nc2ccccc2)(C(N)=O)CC(C)O1. The largest absolute Gasteiger partial charge is 0.375 e. The summed E-state index contributed by atoms with van der Waals surface area (Å²) >= 11 is 0. The molecular formula is C14H20N2O2. The van der Waals surface area contributed by atoms with Gasteiger partial charge in [-0.1, -0.05) is 18.2 Å². The van der Waals surface area contributed by atoms with Gasteiger partial charge < -0.3 is 15.8 Å². The summed E-state index contributed by atoms with van der Waals surface area (Å²) in [4.78, 5) is 11.9. The maximum Gasteiger partial charge on any atom is 0.243 e. The molecule has 0 bridgehead atoms. The van der Waals surface area contributed by atoms with E-state index in [-0.39, 0.29) is 18.1 Å². The van der Waals surface area contributed by atoms with Crippen LogP contribution in [0.1, 0.15) is 26.7 Å². The van der Waals surface area contributed by atoms with Gasteiger partial charge in [0.25, 0.3) is 0 Å². The molecule has 0 saturated carbocycles. The molecule has 98 valence electrons. The zero-order valence-corrected chi connectivity index (χ0v) is 10.8. The van der Waals surface area contributed by atoms with E-state index in [9.17, 15) is 4.79 Å². The number of rotatable bonds is 3. The van der Waals surface area contributed by atoms with Crippen molar-refractivity contribution in [3.63, 3.8) is 0 Å². The van der Waals surface area contributed by atoms with Crippen molar-refractivity contribution in [3.05, 3.63) is 30.3 Å². The van der Waals surface area contributed by atoms with Gasteiger partial charge in [0.2, 0.25) is 5.91 Å². The fraction of sp³-hybridized carbons (Fsp3) is 0.500. The molecule has 4 nitrogen and oxygen atoms in total. The first-order chi connectivity index (χ1) is 8.52. The molecule has 0 radical (unpaired) electrons. The minimum absolute atomic E-state index is 0.0254. The van der Waals surface area contributed by atoms with E-state index in [2.05, 4.69) is 5.32 Å². The van der Waals surface area contributed by atoms with Crippen molar-refractivity contribution in [2.75, 3.05) is 5.32 Å². The van der Waals surface area contributed by atoms with E-state index in [0.29, 0.717) is 12.8 Å². The highest BCUT2D eigenvalue weighted by molar-refractivity contribution is 5.88. The second-order valence-electron chi connectivity index (χ2n) is 5.10. The third-order valence-electron chi connectivity index (χ3n) is 3.37. The Morgan fingerprint density at radius 1 is 1.28 bits per heavy atom. The van der Waals surface area contributed by atoms with Crippen LogP contribution in [0.15, 0.2) is 30.3 Å². The summed E-state index contributed by atoms with van der Waals surface area (Å²) < 4.78 is 5.68. The Morgan fingerprint density at radius 3 is 2.33 bits per heavy atom. The molecule has 0 spiro atoms. The number of hydrogen-bond acceptors (Lipinski definition) is 3. The van der Waals surface area contributed by atoms with Crippen molar-refractivity contribution in [2.45, 2.75) is 44.4 Å². The Kier molecular flexibility index (Phi) is 3.57. The molecule has 2 rings (SSSR count). The Morgan fingerprint density at radius 2 is 1.83 bits per heavy atom. The lowest BCUT2D eigenvalue weighted by molar-refractivity contribution is -0.131. The molecule has 1 aliphatic rings. The van der Waals surface area contributed by atoms with Crippen LogP contribution in [0.5, 0.6) is 0 Å². The van der Waals surface area contributed by atoms with Gasteiger partial charge >= 0.3 is 0 Å². The predicted molar refractivity (Wildman–Crippen MR) is 71.2 cm³/mol. The molecule has 1 fully saturated rings.